The summed E-state index contributed by atoms with van der Waals surface area (Å²) in [7, 11) is 1.62. The van der Waals surface area contributed by atoms with E-state index in [9.17, 15) is 0 Å². The number of hydrogen-bond acceptors (Lipinski definition) is 5. The smallest absolute Gasteiger partial charge is 0.161 e. The molecule has 1 saturated carbocycles. The Morgan fingerprint density at radius 3 is 2.81 bits per heavy atom. The lowest BCUT2D eigenvalue weighted by Crippen LogP contribution is -2.30. The van der Waals surface area contributed by atoms with E-state index in [0.29, 0.717) is 16.7 Å². The molecule has 1 aliphatic heterocycles. The predicted octanol–water partition coefficient (Wildman–Crippen LogP) is 3.64. The van der Waals surface area contributed by atoms with Crippen LogP contribution in [0.1, 0.15) is 31.2 Å². The van der Waals surface area contributed by atoms with E-state index in [0.717, 1.165) is 23.2 Å². The molecule has 5 heteroatoms. The third-order valence-corrected chi connectivity index (χ3v) is 5.57. The number of rotatable bonds is 2. The minimum Gasteiger partial charge on any atom is -0.495 e. The molecule has 0 atom stereocenters. The van der Waals surface area contributed by atoms with Gasteiger partial charge < -0.3 is 10.1 Å². The van der Waals surface area contributed by atoms with Crippen LogP contribution in [0.25, 0.3) is 0 Å². The Labute approximate surface area is 129 Å². The maximum atomic E-state index is 8.93. The van der Waals surface area contributed by atoms with Crippen LogP contribution in [0.4, 0.5) is 5.69 Å². The molecule has 1 N–H and O–H groups in total. The third kappa shape index (κ3) is 3.01. The van der Waals surface area contributed by atoms with Crippen LogP contribution < -0.4 is 10.1 Å². The quantitative estimate of drug-likeness (QED) is 0.906. The van der Waals surface area contributed by atoms with Crippen molar-refractivity contribution in [3.63, 3.8) is 0 Å². The number of amidine groups is 1. The van der Waals surface area contributed by atoms with E-state index in [2.05, 4.69) is 11.4 Å². The zero-order chi connectivity index (χ0) is 14.7. The lowest BCUT2D eigenvalue weighted by molar-refractivity contribution is 0.359. The van der Waals surface area contributed by atoms with Gasteiger partial charge in [0.15, 0.2) is 5.17 Å². The van der Waals surface area contributed by atoms with Gasteiger partial charge in [-0.05, 0) is 30.4 Å². The maximum Gasteiger partial charge on any atom is 0.161 e. The Hall–Kier alpha value is -1.67. The van der Waals surface area contributed by atoms with Gasteiger partial charge in [0.05, 0.1) is 24.4 Å². The molecule has 1 spiro atoms. The fourth-order valence-electron chi connectivity index (χ4n) is 3.03. The Bertz CT molecular complexity index is 600. The second kappa shape index (κ2) is 5.98. The highest BCUT2D eigenvalue weighted by atomic mass is 32.2. The summed E-state index contributed by atoms with van der Waals surface area (Å²) in [6, 6.07) is 7.53. The van der Waals surface area contributed by atoms with Gasteiger partial charge in [-0.1, -0.05) is 24.6 Å². The minimum absolute atomic E-state index is 0.449. The van der Waals surface area contributed by atoms with E-state index in [1.807, 2.05) is 6.07 Å². The fourth-order valence-corrected chi connectivity index (χ4v) is 4.20. The molecule has 2 aliphatic rings. The second-order valence-corrected chi connectivity index (χ2v) is 6.73. The van der Waals surface area contributed by atoms with Crippen LogP contribution in [0.15, 0.2) is 23.2 Å². The monoisotopic (exact) mass is 301 g/mol. The summed E-state index contributed by atoms with van der Waals surface area (Å²) in [6.45, 7) is 0.931. The summed E-state index contributed by atoms with van der Waals surface area (Å²) < 4.78 is 5.34. The first-order chi connectivity index (χ1) is 10.2. The lowest BCUT2D eigenvalue weighted by Gasteiger charge is -2.31. The number of hydrogen-bond donors (Lipinski definition) is 1. The van der Waals surface area contributed by atoms with Crippen molar-refractivity contribution in [2.24, 2.45) is 10.4 Å². The number of ether oxygens (including phenoxy) is 1. The molecule has 1 aliphatic carbocycles. The van der Waals surface area contributed by atoms with Gasteiger partial charge in [0.1, 0.15) is 5.75 Å². The predicted molar refractivity (Wildman–Crippen MR) is 87.0 cm³/mol. The van der Waals surface area contributed by atoms with Crippen molar-refractivity contribution < 1.29 is 4.74 Å². The summed E-state index contributed by atoms with van der Waals surface area (Å²) in [4.78, 5) is 4.73. The van der Waals surface area contributed by atoms with Gasteiger partial charge in [0, 0.05) is 18.4 Å². The molecule has 0 radical (unpaired) electrons. The molecule has 1 aromatic carbocycles. The van der Waals surface area contributed by atoms with Gasteiger partial charge >= 0.3 is 0 Å². The van der Waals surface area contributed by atoms with Crippen molar-refractivity contribution in [2.75, 3.05) is 24.7 Å². The number of nitrogens with zero attached hydrogens (tertiary/aromatic N) is 2. The molecule has 21 heavy (non-hydrogen) atoms. The normalized spacial score (nSPS) is 19.9. The summed E-state index contributed by atoms with van der Waals surface area (Å²) in [5, 5.41) is 13.2. The van der Waals surface area contributed by atoms with Gasteiger partial charge in [0.25, 0.3) is 0 Å². The van der Waals surface area contributed by atoms with Crippen LogP contribution in [-0.4, -0.2) is 24.6 Å². The van der Waals surface area contributed by atoms with Crippen molar-refractivity contribution in [3.05, 3.63) is 23.8 Å². The molecule has 110 valence electrons. The summed E-state index contributed by atoms with van der Waals surface area (Å²) >= 11 is 1.80. The number of thioether (sulfide) groups is 1. The van der Waals surface area contributed by atoms with Gasteiger partial charge in [-0.15, -0.1) is 0 Å². The number of anilines is 1. The Kier molecular flexibility index (Phi) is 4.07. The van der Waals surface area contributed by atoms with Crippen molar-refractivity contribution in [1.29, 1.82) is 5.26 Å². The Balaban J connectivity index is 1.73. The van der Waals surface area contributed by atoms with Crippen molar-refractivity contribution in [1.82, 2.24) is 0 Å². The number of aliphatic imine (C=N–C) groups is 1. The van der Waals surface area contributed by atoms with E-state index in [-0.39, 0.29) is 0 Å². The van der Waals surface area contributed by atoms with E-state index in [1.54, 1.807) is 31.0 Å². The highest BCUT2D eigenvalue weighted by molar-refractivity contribution is 8.14. The molecule has 0 amide bonds. The van der Waals surface area contributed by atoms with E-state index in [4.69, 9.17) is 15.0 Å². The maximum absolute atomic E-state index is 8.93. The summed E-state index contributed by atoms with van der Waals surface area (Å²) in [5.41, 5.74) is 1.91. The number of nitrogens with one attached hydrogen (secondary N) is 1. The molecule has 1 aromatic rings. The van der Waals surface area contributed by atoms with Gasteiger partial charge in [-0.3, -0.25) is 4.99 Å². The standard InChI is InChI=1S/C16H19N3OS/c1-20-14-8-12(9-17)4-5-13(14)19-15-18-10-16(11-21-15)6-2-3-7-16/h4-5,8H,2-3,6-7,10-11H2,1H3,(H,18,19). The van der Waals surface area contributed by atoms with Gasteiger partial charge in [0.2, 0.25) is 0 Å². The Morgan fingerprint density at radius 1 is 1.38 bits per heavy atom. The minimum atomic E-state index is 0.449. The lowest BCUT2D eigenvalue weighted by atomic mass is 9.89. The van der Waals surface area contributed by atoms with Crippen LogP contribution in [0.5, 0.6) is 5.75 Å². The molecule has 4 nitrogen and oxygen atoms in total. The van der Waals surface area contributed by atoms with E-state index >= 15 is 0 Å². The molecule has 0 aromatic heterocycles. The van der Waals surface area contributed by atoms with Crippen LogP contribution in [0.2, 0.25) is 0 Å². The third-order valence-electron chi connectivity index (χ3n) is 4.31. The topological polar surface area (TPSA) is 57.4 Å². The SMILES string of the molecule is COc1cc(C#N)ccc1NC1=NCC2(CCCC2)CS1. The Morgan fingerprint density at radius 2 is 2.19 bits per heavy atom. The molecule has 1 fully saturated rings. The first-order valence-electron chi connectivity index (χ1n) is 7.27. The van der Waals surface area contributed by atoms with Crippen LogP contribution in [0, 0.1) is 16.7 Å². The molecule has 0 saturated heterocycles. The zero-order valence-electron chi connectivity index (χ0n) is 12.2. The number of benzene rings is 1. The fraction of sp³-hybridized carbons (Fsp3) is 0.500. The highest BCUT2D eigenvalue weighted by Gasteiger charge is 2.36. The van der Waals surface area contributed by atoms with E-state index < -0.39 is 0 Å². The van der Waals surface area contributed by atoms with Gasteiger partial charge in [-0.25, -0.2) is 0 Å². The first kappa shape index (κ1) is 14.3. The molecular formula is C16H19N3OS. The molecule has 3 rings (SSSR count). The first-order valence-corrected chi connectivity index (χ1v) is 8.26. The van der Waals surface area contributed by atoms with Crippen LogP contribution >= 0.6 is 11.8 Å². The zero-order valence-corrected chi connectivity index (χ0v) is 13.0. The summed E-state index contributed by atoms with van der Waals surface area (Å²) in [5.74, 6) is 1.83. The van der Waals surface area contributed by atoms with Crippen molar-refractivity contribution in [2.45, 2.75) is 25.7 Å². The van der Waals surface area contributed by atoms with Crippen molar-refractivity contribution in [3.8, 4) is 11.8 Å². The summed E-state index contributed by atoms with van der Waals surface area (Å²) in [6.07, 6.45) is 5.33. The highest BCUT2D eigenvalue weighted by Crippen LogP contribution is 2.43. The molecule has 1 heterocycles. The van der Waals surface area contributed by atoms with E-state index in [1.165, 1.54) is 25.7 Å². The molecule has 0 unspecified atom stereocenters. The average molecular weight is 301 g/mol. The molecule has 0 bridgehead atoms. The van der Waals surface area contributed by atoms with Crippen molar-refractivity contribution >= 4 is 22.6 Å². The average Bonchev–Trinajstić information content (AvgIpc) is 2.98. The number of nitriles is 1. The number of methoxy groups -OCH3 is 1. The molecular weight excluding hydrogens is 282 g/mol. The van der Waals surface area contributed by atoms with Gasteiger partial charge in [-0.2, -0.15) is 5.26 Å². The van der Waals surface area contributed by atoms with Crippen LogP contribution in [-0.2, 0) is 0 Å². The second-order valence-electron chi connectivity index (χ2n) is 5.77. The largest absolute Gasteiger partial charge is 0.495 e. The van der Waals surface area contributed by atoms with Crippen LogP contribution in [0.3, 0.4) is 0 Å².